The molecule has 2 heterocycles. The minimum absolute atomic E-state index is 0.0871. The predicted octanol–water partition coefficient (Wildman–Crippen LogP) is 2.50. The summed E-state index contributed by atoms with van der Waals surface area (Å²) in [6.07, 6.45) is 2.85. The van der Waals surface area contributed by atoms with Gasteiger partial charge in [-0.2, -0.15) is 0 Å². The van der Waals surface area contributed by atoms with E-state index in [1.54, 1.807) is 6.07 Å². The molecule has 1 aromatic heterocycles. The molecule has 2 rings (SSSR count). The van der Waals surface area contributed by atoms with Gasteiger partial charge >= 0.3 is 5.69 Å². The van der Waals surface area contributed by atoms with Crippen LogP contribution in [0, 0.1) is 10.1 Å². The highest BCUT2D eigenvalue weighted by molar-refractivity contribution is 5.65. The Morgan fingerprint density at radius 3 is 2.75 bits per heavy atom. The molecule has 1 aliphatic heterocycles. The van der Waals surface area contributed by atoms with E-state index in [-0.39, 0.29) is 17.7 Å². The Hall–Kier alpha value is -1.95. The molecule has 1 aromatic rings. The zero-order valence-corrected chi connectivity index (χ0v) is 12.0. The summed E-state index contributed by atoms with van der Waals surface area (Å²) in [6, 6.07) is 3.17. The number of ether oxygens (including phenoxy) is 1. The van der Waals surface area contributed by atoms with E-state index >= 15 is 0 Å². The van der Waals surface area contributed by atoms with Crippen LogP contribution in [0.4, 0.5) is 5.69 Å². The van der Waals surface area contributed by atoms with Crippen LogP contribution in [0.15, 0.2) is 18.2 Å². The van der Waals surface area contributed by atoms with Crippen LogP contribution in [0.5, 0.6) is 5.88 Å². The van der Waals surface area contributed by atoms with Crippen molar-refractivity contribution in [3.63, 3.8) is 0 Å². The fourth-order valence-corrected chi connectivity index (χ4v) is 2.06. The van der Waals surface area contributed by atoms with Gasteiger partial charge in [0.15, 0.2) is 0 Å². The Bertz CT molecular complexity index is 540. The predicted molar refractivity (Wildman–Crippen MR) is 76.7 cm³/mol. The van der Waals surface area contributed by atoms with Crippen molar-refractivity contribution >= 4 is 11.3 Å². The van der Waals surface area contributed by atoms with E-state index in [4.69, 9.17) is 4.74 Å². The number of hydrogen-bond acceptors (Lipinski definition) is 5. The average molecular weight is 277 g/mol. The lowest BCUT2D eigenvalue weighted by Crippen LogP contribution is -2.24. The first-order valence-corrected chi connectivity index (χ1v) is 6.67. The van der Waals surface area contributed by atoms with Crippen molar-refractivity contribution in [2.75, 3.05) is 20.1 Å². The molecule has 108 valence electrons. The molecule has 20 heavy (non-hydrogen) atoms. The number of pyridine rings is 1. The van der Waals surface area contributed by atoms with E-state index in [1.807, 2.05) is 13.8 Å². The lowest BCUT2D eigenvalue weighted by molar-refractivity contribution is -0.386. The minimum Gasteiger partial charge on any atom is -0.470 e. The van der Waals surface area contributed by atoms with Crippen molar-refractivity contribution in [2.24, 2.45) is 0 Å². The maximum Gasteiger partial charge on any atom is 0.331 e. The van der Waals surface area contributed by atoms with Gasteiger partial charge in [-0.15, -0.1) is 0 Å². The van der Waals surface area contributed by atoms with Gasteiger partial charge in [-0.05, 0) is 39.0 Å². The molecular weight excluding hydrogens is 258 g/mol. The largest absolute Gasteiger partial charge is 0.470 e. The molecule has 0 unspecified atom stereocenters. The monoisotopic (exact) mass is 277 g/mol. The van der Waals surface area contributed by atoms with Crippen LogP contribution < -0.4 is 4.74 Å². The van der Waals surface area contributed by atoms with Gasteiger partial charge < -0.3 is 9.64 Å². The third-order valence-corrected chi connectivity index (χ3v) is 3.13. The van der Waals surface area contributed by atoms with Crippen molar-refractivity contribution in [3.8, 4) is 5.88 Å². The second-order valence-corrected chi connectivity index (χ2v) is 5.19. The molecule has 0 bridgehead atoms. The molecule has 0 aliphatic carbocycles. The summed E-state index contributed by atoms with van der Waals surface area (Å²) >= 11 is 0. The summed E-state index contributed by atoms with van der Waals surface area (Å²) in [5, 5.41) is 11.0. The van der Waals surface area contributed by atoms with Gasteiger partial charge in [0.25, 0.3) is 5.88 Å². The Balaban J connectivity index is 2.34. The summed E-state index contributed by atoms with van der Waals surface area (Å²) in [4.78, 5) is 17.1. The smallest absolute Gasteiger partial charge is 0.331 e. The maximum absolute atomic E-state index is 11.0. The average Bonchev–Trinajstić information content (AvgIpc) is 2.38. The van der Waals surface area contributed by atoms with Crippen molar-refractivity contribution in [1.29, 1.82) is 0 Å². The Morgan fingerprint density at radius 1 is 1.45 bits per heavy atom. The number of nitro groups is 1. The molecule has 0 amide bonds. The highest BCUT2D eigenvalue weighted by atomic mass is 16.6. The number of aromatic nitrogens is 1. The summed E-state index contributed by atoms with van der Waals surface area (Å²) in [5.41, 5.74) is 1.79. The van der Waals surface area contributed by atoms with Crippen LogP contribution in [-0.2, 0) is 0 Å². The molecule has 0 saturated carbocycles. The van der Waals surface area contributed by atoms with Crippen LogP contribution in [-0.4, -0.2) is 41.0 Å². The molecule has 0 spiro atoms. The molecule has 0 aromatic carbocycles. The van der Waals surface area contributed by atoms with Crippen LogP contribution >= 0.6 is 0 Å². The van der Waals surface area contributed by atoms with Gasteiger partial charge in [0.05, 0.1) is 16.7 Å². The van der Waals surface area contributed by atoms with E-state index in [2.05, 4.69) is 23.0 Å². The molecule has 0 radical (unpaired) electrons. The lowest BCUT2D eigenvalue weighted by atomic mass is 10.0. The third-order valence-electron chi connectivity index (χ3n) is 3.13. The third kappa shape index (κ3) is 3.33. The first kappa shape index (κ1) is 14.5. The van der Waals surface area contributed by atoms with Crippen LogP contribution in [0.3, 0.4) is 0 Å². The van der Waals surface area contributed by atoms with Gasteiger partial charge in [0.1, 0.15) is 0 Å². The van der Waals surface area contributed by atoms with Gasteiger partial charge in [-0.3, -0.25) is 10.1 Å². The van der Waals surface area contributed by atoms with E-state index in [0.29, 0.717) is 0 Å². The second-order valence-electron chi connectivity index (χ2n) is 5.19. The molecular formula is C14H19N3O3. The van der Waals surface area contributed by atoms with Crippen LogP contribution in [0.2, 0.25) is 0 Å². The van der Waals surface area contributed by atoms with Crippen molar-refractivity contribution in [1.82, 2.24) is 9.88 Å². The summed E-state index contributed by atoms with van der Waals surface area (Å²) < 4.78 is 5.47. The number of hydrogen-bond donors (Lipinski definition) is 0. The van der Waals surface area contributed by atoms with Gasteiger partial charge in [-0.1, -0.05) is 6.08 Å². The summed E-state index contributed by atoms with van der Waals surface area (Å²) in [6.45, 7) is 5.49. The highest BCUT2D eigenvalue weighted by Crippen LogP contribution is 2.29. The first-order chi connectivity index (χ1) is 9.47. The first-order valence-electron chi connectivity index (χ1n) is 6.67. The standard InChI is InChI=1S/C14H19N3O3/c1-10(2)20-14-13(17(18)19)5-4-12(15-14)11-6-8-16(3)9-7-11/h4-6,10H,7-9H2,1-3H3. The molecule has 0 atom stereocenters. The molecule has 0 saturated heterocycles. The maximum atomic E-state index is 11.0. The quantitative estimate of drug-likeness (QED) is 0.624. The number of nitrogens with zero attached hydrogens (tertiary/aromatic N) is 3. The van der Waals surface area contributed by atoms with Crippen molar-refractivity contribution in [3.05, 3.63) is 34.0 Å². The fourth-order valence-electron chi connectivity index (χ4n) is 2.06. The van der Waals surface area contributed by atoms with E-state index in [9.17, 15) is 10.1 Å². The molecule has 0 fully saturated rings. The zero-order valence-electron chi connectivity index (χ0n) is 12.0. The number of likely N-dealkylation sites (N-methyl/N-ethyl adjacent to an activating group) is 1. The van der Waals surface area contributed by atoms with Crippen LogP contribution in [0.25, 0.3) is 5.57 Å². The Kier molecular flexibility index (Phi) is 4.34. The normalized spacial score (nSPS) is 16.1. The summed E-state index contributed by atoms with van der Waals surface area (Å²) in [5.74, 6) is 0.0994. The Labute approximate surface area is 118 Å². The van der Waals surface area contributed by atoms with Gasteiger partial charge in [0, 0.05) is 19.2 Å². The second kappa shape index (κ2) is 6.00. The van der Waals surface area contributed by atoms with E-state index < -0.39 is 4.92 Å². The topological polar surface area (TPSA) is 68.5 Å². The molecule has 1 aliphatic rings. The van der Waals surface area contributed by atoms with Gasteiger partial charge in [0.2, 0.25) is 0 Å². The Morgan fingerprint density at radius 2 is 2.20 bits per heavy atom. The highest BCUT2D eigenvalue weighted by Gasteiger charge is 2.20. The van der Waals surface area contributed by atoms with Crippen molar-refractivity contribution in [2.45, 2.75) is 26.4 Å². The SMILES string of the molecule is CC(C)Oc1nc(C2=CCN(C)CC2)ccc1[N+](=O)[O-]. The lowest BCUT2D eigenvalue weighted by Gasteiger charge is -2.21. The number of rotatable bonds is 4. The molecule has 0 N–H and O–H groups in total. The van der Waals surface area contributed by atoms with E-state index in [1.165, 1.54) is 6.07 Å². The van der Waals surface area contributed by atoms with Crippen molar-refractivity contribution < 1.29 is 9.66 Å². The summed E-state index contributed by atoms with van der Waals surface area (Å²) in [7, 11) is 2.06. The van der Waals surface area contributed by atoms with Gasteiger partial charge in [-0.25, -0.2) is 4.98 Å². The molecule has 6 heteroatoms. The van der Waals surface area contributed by atoms with E-state index in [0.717, 1.165) is 30.8 Å². The van der Waals surface area contributed by atoms with Crippen LogP contribution in [0.1, 0.15) is 26.0 Å². The zero-order chi connectivity index (χ0) is 14.7. The fraction of sp³-hybridized carbons (Fsp3) is 0.500. The molecule has 6 nitrogen and oxygen atoms in total. The minimum atomic E-state index is -0.461.